The molecule has 3 aromatic rings. The number of morpholine rings is 1. The smallest absolute Gasteiger partial charge is 0.177 e. The van der Waals surface area contributed by atoms with Gasteiger partial charge in [0.15, 0.2) is 11.5 Å². The zero-order valence-corrected chi connectivity index (χ0v) is 19.2. The lowest BCUT2D eigenvalue weighted by atomic mass is 9.98. The standard InChI is InChI=1S/C24H33N5O2/c1-16-7-6-8-18(19(16)15-30)13-21-17(2)25-23-20(26-24(3,4)5)14-22(27-29(21)23)28-9-11-31-12-10-28/h6-8,14,26,30H,9-13,15H2,1-5H3. The number of nitrogens with zero attached hydrogens (tertiary/aromatic N) is 4. The molecule has 31 heavy (non-hydrogen) atoms. The van der Waals surface area contributed by atoms with E-state index in [0.717, 1.165) is 58.3 Å². The first-order chi connectivity index (χ1) is 14.8. The fourth-order valence-corrected chi connectivity index (χ4v) is 4.14. The van der Waals surface area contributed by atoms with Crippen LogP contribution in [0.4, 0.5) is 11.5 Å². The van der Waals surface area contributed by atoms with Gasteiger partial charge in [-0.2, -0.15) is 0 Å². The van der Waals surface area contributed by atoms with Crippen molar-refractivity contribution in [1.82, 2.24) is 14.6 Å². The topological polar surface area (TPSA) is 74.9 Å². The number of hydrogen-bond donors (Lipinski definition) is 2. The fraction of sp³-hybridized carbons (Fsp3) is 0.500. The molecule has 0 saturated carbocycles. The molecule has 0 unspecified atom stereocenters. The number of hydrogen-bond acceptors (Lipinski definition) is 6. The van der Waals surface area contributed by atoms with Crippen LogP contribution >= 0.6 is 0 Å². The number of fused-ring (bicyclic) bond motifs is 1. The third-order valence-electron chi connectivity index (χ3n) is 5.73. The van der Waals surface area contributed by atoms with Crippen LogP contribution < -0.4 is 10.2 Å². The summed E-state index contributed by atoms with van der Waals surface area (Å²) in [7, 11) is 0. The van der Waals surface area contributed by atoms with Crippen LogP contribution in [0.5, 0.6) is 0 Å². The number of nitrogens with one attached hydrogen (secondary N) is 1. The molecule has 2 aromatic heterocycles. The lowest BCUT2D eigenvalue weighted by molar-refractivity contribution is 0.122. The molecule has 1 aromatic carbocycles. The Hall–Kier alpha value is -2.64. The predicted molar refractivity (Wildman–Crippen MR) is 124 cm³/mol. The molecule has 7 heteroatoms. The summed E-state index contributed by atoms with van der Waals surface area (Å²) in [5, 5.41) is 18.6. The molecular formula is C24H33N5O2. The molecule has 1 aliphatic rings. The van der Waals surface area contributed by atoms with Crippen molar-refractivity contribution in [3.8, 4) is 0 Å². The van der Waals surface area contributed by atoms with Gasteiger partial charge in [-0.1, -0.05) is 18.2 Å². The van der Waals surface area contributed by atoms with Crippen molar-refractivity contribution in [3.63, 3.8) is 0 Å². The highest BCUT2D eigenvalue weighted by Gasteiger charge is 2.22. The molecule has 0 bridgehead atoms. The third-order valence-corrected chi connectivity index (χ3v) is 5.73. The monoisotopic (exact) mass is 423 g/mol. The van der Waals surface area contributed by atoms with Gasteiger partial charge in [-0.15, -0.1) is 5.10 Å². The zero-order chi connectivity index (χ0) is 22.2. The first kappa shape index (κ1) is 21.6. The van der Waals surface area contributed by atoms with Gasteiger partial charge < -0.3 is 20.1 Å². The van der Waals surface area contributed by atoms with E-state index >= 15 is 0 Å². The van der Waals surface area contributed by atoms with Crippen molar-refractivity contribution in [2.75, 3.05) is 36.5 Å². The predicted octanol–water partition coefficient (Wildman–Crippen LogP) is 3.48. The van der Waals surface area contributed by atoms with E-state index in [1.54, 1.807) is 0 Å². The van der Waals surface area contributed by atoms with Gasteiger partial charge in [-0.05, 0) is 51.3 Å². The van der Waals surface area contributed by atoms with Crippen molar-refractivity contribution >= 4 is 17.2 Å². The number of aromatic nitrogens is 3. The Morgan fingerprint density at radius 1 is 1.16 bits per heavy atom. The Bertz CT molecular complexity index is 1080. The molecule has 2 N–H and O–H groups in total. The third kappa shape index (κ3) is 4.52. The quantitative estimate of drug-likeness (QED) is 0.655. The molecule has 0 radical (unpaired) electrons. The minimum Gasteiger partial charge on any atom is -0.392 e. The van der Waals surface area contributed by atoms with Gasteiger partial charge in [0.05, 0.1) is 36.9 Å². The van der Waals surface area contributed by atoms with E-state index in [-0.39, 0.29) is 12.1 Å². The van der Waals surface area contributed by atoms with Crippen LogP contribution in [0.2, 0.25) is 0 Å². The number of aryl methyl sites for hydroxylation is 2. The average molecular weight is 424 g/mol. The van der Waals surface area contributed by atoms with E-state index in [9.17, 15) is 5.11 Å². The van der Waals surface area contributed by atoms with Crippen molar-refractivity contribution in [2.45, 2.75) is 53.2 Å². The number of rotatable bonds is 5. The second kappa shape index (κ2) is 8.48. The van der Waals surface area contributed by atoms with Gasteiger partial charge >= 0.3 is 0 Å². The van der Waals surface area contributed by atoms with Gasteiger partial charge in [-0.25, -0.2) is 9.50 Å². The summed E-state index contributed by atoms with van der Waals surface area (Å²) in [6.07, 6.45) is 0.666. The molecule has 0 amide bonds. The molecular weight excluding hydrogens is 390 g/mol. The molecule has 4 rings (SSSR count). The number of aliphatic hydroxyl groups is 1. The summed E-state index contributed by atoms with van der Waals surface area (Å²) in [5.41, 5.74) is 6.89. The van der Waals surface area contributed by atoms with E-state index < -0.39 is 0 Å². The van der Waals surface area contributed by atoms with Crippen molar-refractivity contribution in [1.29, 1.82) is 0 Å². The Balaban J connectivity index is 1.85. The van der Waals surface area contributed by atoms with E-state index in [2.05, 4.69) is 43.1 Å². The van der Waals surface area contributed by atoms with E-state index in [1.165, 1.54) is 0 Å². The Labute approximate surface area is 184 Å². The van der Waals surface area contributed by atoms with E-state index in [1.807, 2.05) is 30.5 Å². The molecule has 0 spiro atoms. The Kier molecular flexibility index (Phi) is 5.90. The zero-order valence-electron chi connectivity index (χ0n) is 19.2. The van der Waals surface area contributed by atoms with Gasteiger partial charge in [0.25, 0.3) is 0 Å². The Morgan fingerprint density at radius 3 is 2.58 bits per heavy atom. The highest BCUT2D eigenvalue weighted by molar-refractivity contribution is 5.72. The minimum atomic E-state index is -0.106. The molecule has 1 aliphatic heterocycles. The summed E-state index contributed by atoms with van der Waals surface area (Å²) in [4.78, 5) is 7.16. The summed E-state index contributed by atoms with van der Waals surface area (Å²) in [6, 6.07) is 8.27. The van der Waals surface area contributed by atoms with Crippen LogP contribution in [0.3, 0.4) is 0 Å². The molecule has 3 heterocycles. The van der Waals surface area contributed by atoms with Crippen LogP contribution in [-0.4, -0.2) is 51.5 Å². The van der Waals surface area contributed by atoms with E-state index in [4.69, 9.17) is 14.8 Å². The summed E-state index contributed by atoms with van der Waals surface area (Å²) < 4.78 is 7.52. The van der Waals surface area contributed by atoms with Crippen LogP contribution in [0, 0.1) is 13.8 Å². The number of anilines is 2. The number of benzene rings is 1. The lowest BCUT2D eigenvalue weighted by Gasteiger charge is -2.29. The summed E-state index contributed by atoms with van der Waals surface area (Å²) in [6.45, 7) is 13.6. The summed E-state index contributed by atoms with van der Waals surface area (Å²) in [5.74, 6) is 0.924. The van der Waals surface area contributed by atoms with Crippen LogP contribution in [0.25, 0.3) is 5.65 Å². The molecule has 1 fully saturated rings. The average Bonchev–Trinajstić information content (AvgIpc) is 3.03. The number of aliphatic hydroxyl groups excluding tert-OH is 1. The van der Waals surface area contributed by atoms with Crippen LogP contribution in [0.15, 0.2) is 24.3 Å². The van der Waals surface area contributed by atoms with Crippen LogP contribution in [0.1, 0.15) is 48.8 Å². The highest BCUT2D eigenvalue weighted by Crippen LogP contribution is 2.29. The van der Waals surface area contributed by atoms with Crippen molar-refractivity contribution in [2.24, 2.45) is 0 Å². The molecule has 7 nitrogen and oxygen atoms in total. The highest BCUT2D eigenvalue weighted by atomic mass is 16.5. The first-order valence-electron chi connectivity index (χ1n) is 10.9. The first-order valence-corrected chi connectivity index (χ1v) is 10.9. The van der Waals surface area contributed by atoms with Gasteiger partial charge in [0, 0.05) is 31.1 Å². The number of ether oxygens (including phenoxy) is 1. The molecule has 0 atom stereocenters. The lowest BCUT2D eigenvalue weighted by Crippen LogP contribution is -2.37. The van der Waals surface area contributed by atoms with Crippen molar-refractivity contribution < 1.29 is 9.84 Å². The molecule has 0 aliphatic carbocycles. The molecule has 1 saturated heterocycles. The maximum atomic E-state index is 9.93. The van der Waals surface area contributed by atoms with Gasteiger partial charge in [-0.3, -0.25) is 0 Å². The summed E-state index contributed by atoms with van der Waals surface area (Å²) >= 11 is 0. The molecule has 166 valence electrons. The fourth-order valence-electron chi connectivity index (χ4n) is 4.14. The van der Waals surface area contributed by atoms with Crippen molar-refractivity contribution in [3.05, 3.63) is 52.3 Å². The number of imidazole rings is 1. The van der Waals surface area contributed by atoms with Gasteiger partial charge in [0.1, 0.15) is 0 Å². The van der Waals surface area contributed by atoms with Crippen LogP contribution in [-0.2, 0) is 17.8 Å². The largest absolute Gasteiger partial charge is 0.392 e. The normalized spacial score (nSPS) is 15.0. The second-order valence-electron chi connectivity index (χ2n) is 9.32. The maximum absolute atomic E-state index is 9.93. The van der Waals surface area contributed by atoms with Gasteiger partial charge in [0.2, 0.25) is 0 Å². The maximum Gasteiger partial charge on any atom is 0.177 e. The van der Waals surface area contributed by atoms with E-state index in [0.29, 0.717) is 19.6 Å². The SMILES string of the molecule is Cc1cccc(Cc2c(C)nc3c(NC(C)(C)C)cc(N4CCOCC4)nn23)c1CO. The second-order valence-corrected chi connectivity index (χ2v) is 9.32. The minimum absolute atomic E-state index is 0.0288. The Morgan fingerprint density at radius 2 is 1.90 bits per heavy atom.